The van der Waals surface area contributed by atoms with E-state index in [0.717, 1.165) is 16.7 Å². The molecule has 1 heterocycles. The molecule has 8 heteroatoms. The number of hydrogen-bond acceptors (Lipinski definition) is 4. The number of oxime groups is 1. The monoisotopic (exact) mass is 504 g/mol. The normalized spacial score (nSPS) is 12.4. The lowest BCUT2D eigenvalue weighted by Crippen LogP contribution is -2.18. The minimum atomic E-state index is -0.990. The largest absolute Gasteiger partial charge is 0.478 e. The number of aromatic nitrogens is 1. The highest BCUT2D eigenvalue weighted by atomic mass is 35.5. The van der Waals surface area contributed by atoms with Crippen molar-refractivity contribution in [2.45, 2.75) is 12.3 Å². The summed E-state index contributed by atoms with van der Waals surface area (Å²) in [5.41, 5.74) is 4.15. The standard InChI is InChI=1S/C28H22ClFN2O4/c1-32-16-21(10-13-27(32)33)26(31-36)15-24(23-12-11-22(30)14-25(23)29)19-6-2-17(3-7-19)18-4-8-20(9-5-18)28(34)35/h2-14,16,24,36H,15H2,1H3,(H,34,35)/b31-26-. The smallest absolute Gasteiger partial charge is 0.335 e. The molecule has 182 valence electrons. The Bertz CT molecular complexity index is 1500. The lowest BCUT2D eigenvalue weighted by Gasteiger charge is -2.21. The maximum atomic E-state index is 13.8. The van der Waals surface area contributed by atoms with Crippen LogP contribution in [-0.2, 0) is 7.05 Å². The maximum Gasteiger partial charge on any atom is 0.335 e. The van der Waals surface area contributed by atoms with Crippen LogP contribution in [0.5, 0.6) is 0 Å². The summed E-state index contributed by atoms with van der Waals surface area (Å²) in [5, 5.41) is 22.7. The Balaban J connectivity index is 1.72. The van der Waals surface area contributed by atoms with Gasteiger partial charge in [-0.2, -0.15) is 0 Å². The molecule has 1 aromatic heterocycles. The Labute approximate surface area is 211 Å². The number of aryl methyl sites for hydroxylation is 1. The Kier molecular flexibility index (Phi) is 7.31. The summed E-state index contributed by atoms with van der Waals surface area (Å²) in [7, 11) is 1.61. The molecule has 4 aromatic rings. The molecule has 1 atom stereocenters. The summed E-state index contributed by atoms with van der Waals surface area (Å²) >= 11 is 6.42. The van der Waals surface area contributed by atoms with Crippen LogP contribution in [-0.4, -0.2) is 26.6 Å². The van der Waals surface area contributed by atoms with Crippen molar-refractivity contribution in [3.05, 3.63) is 129 Å². The summed E-state index contributed by atoms with van der Waals surface area (Å²) in [6.45, 7) is 0. The average Bonchev–Trinajstić information content (AvgIpc) is 2.87. The minimum Gasteiger partial charge on any atom is -0.478 e. The topological polar surface area (TPSA) is 91.9 Å². The van der Waals surface area contributed by atoms with Crippen molar-refractivity contribution in [3.63, 3.8) is 0 Å². The van der Waals surface area contributed by atoms with E-state index in [1.807, 2.05) is 24.3 Å². The number of benzene rings is 3. The van der Waals surface area contributed by atoms with Crippen LogP contribution in [0.1, 0.15) is 39.4 Å². The van der Waals surface area contributed by atoms with E-state index in [0.29, 0.717) is 16.8 Å². The van der Waals surface area contributed by atoms with E-state index >= 15 is 0 Å². The zero-order chi connectivity index (χ0) is 25.8. The first-order valence-corrected chi connectivity index (χ1v) is 11.4. The van der Waals surface area contributed by atoms with Gasteiger partial charge >= 0.3 is 5.97 Å². The van der Waals surface area contributed by atoms with Crippen molar-refractivity contribution in [3.8, 4) is 11.1 Å². The van der Waals surface area contributed by atoms with E-state index in [9.17, 15) is 19.2 Å². The van der Waals surface area contributed by atoms with Crippen LogP contribution in [0.25, 0.3) is 11.1 Å². The predicted octanol–water partition coefficient (Wildman–Crippen LogP) is 5.94. The molecule has 0 aliphatic carbocycles. The number of carboxylic acids is 1. The Morgan fingerprint density at radius 2 is 1.58 bits per heavy atom. The molecule has 36 heavy (non-hydrogen) atoms. The van der Waals surface area contributed by atoms with Gasteiger partial charge in [-0.05, 0) is 52.6 Å². The van der Waals surface area contributed by atoms with Gasteiger partial charge in [-0.3, -0.25) is 4.79 Å². The number of carboxylic acid groups (broad SMARTS) is 1. The van der Waals surface area contributed by atoms with Gasteiger partial charge < -0.3 is 14.9 Å². The van der Waals surface area contributed by atoms with E-state index in [2.05, 4.69) is 5.16 Å². The highest BCUT2D eigenvalue weighted by molar-refractivity contribution is 6.31. The van der Waals surface area contributed by atoms with E-state index in [1.165, 1.54) is 22.8 Å². The lowest BCUT2D eigenvalue weighted by molar-refractivity contribution is 0.0697. The van der Waals surface area contributed by atoms with Gasteiger partial charge in [0.05, 0.1) is 11.3 Å². The van der Waals surface area contributed by atoms with Crippen molar-refractivity contribution in [2.75, 3.05) is 0 Å². The summed E-state index contributed by atoms with van der Waals surface area (Å²) in [4.78, 5) is 22.9. The zero-order valence-electron chi connectivity index (χ0n) is 19.2. The minimum absolute atomic E-state index is 0.193. The molecule has 0 aliphatic rings. The number of halogens is 2. The molecule has 3 aromatic carbocycles. The molecular formula is C28H22ClFN2O4. The number of hydrogen-bond donors (Lipinski definition) is 2. The van der Waals surface area contributed by atoms with E-state index in [-0.39, 0.29) is 28.5 Å². The van der Waals surface area contributed by atoms with Crippen molar-refractivity contribution in [2.24, 2.45) is 12.2 Å². The van der Waals surface area contributed by atoms with Crippen LogP contribution in [0, 0.1) is 5.82 Å². The second kappa shape index (κ2) is 10.6. The zero-order valence-corrected chi connectivity index (χ0v) is 20.0. The quantitative estimate of drug-likeness (QED) is 0.185. The Morgan fingerprint density at radius 3 is 2.14 bits per heavy atom. The van der Waals surface area contributed by atoms with Gasteiger partial charge in [-0.1, -0.05) is 59.2 Å². The first-order valence-electron chi connectivity index (χ1n) is 11.0. The van der Waals surface area contributed by atoms with Gasteiger partial charge in [0, 0.05) is 42.2 Å². The molecule has 0 saturated carbocycles. The van der Waals surface area contributed by atoms with Gasteiger partial charge in [0.1, 0.15) is 5.82 Å². The van der Waals surface area contributed by atoms with Crippen LogP contribution in [0.4, 0.5) is 4.39 Å². The van der Waals surface area contributed by atoms with Gasteiger partial charge in [0.2, 0.25) is 5.56 Å². The Hall–Kier alpha value is -4.23. The molecule has 4 rings (SSSR count). The summed E-state index contributed by atoms with van der Waals surface area (Å²) in [6.07, 6.45) is 1.82. The second-order valence-corrected chi connectivity index (χ2v) is 8.75. The van der Waals surface area contributed by atoms with Crippen LogP contribution >= 0.6 is 11.6 Å². The molecule has 1 unspecified atom stereocenters. The summed E-state index contributed by atoms with van der Waals surface area (Å²) in [5.74, 6) is -1.84. The third-order valence-electron chi connectivity index (χ3n) is 6.05. The summed E-state index contributed by atoms with van der Waals surface area (Å²) in [6, 6.07) is 21.3. The predicted molar refractivity (Wildman–Crippen MR) is 137 cm³/mol. The molecule has 0 spiro atoms. The highest BCUT2D eigenvalue weighted by Crippen LogP contribution is 2.35. The molecule has 0 bridgehead atoms. The molecule has 0 saturated heterocycles. The molecule has 0 aliphatic heterocycles. The second-order valence-electron chi connectivity index (χ2n) is 8.34. The number of carbonyl (C=O) groups is 1. The SMILES string of the molecule is Cn1cc(/C(CC(c2ccc(-c3ccc(C(=O)O)cc3)cc2)c2ccc(F)cc2Cl)=N\O)ccc1=O. The van der Waals surface area contributed by atoms with Crippen LogP contribution in [0.15, 0.2) is 95.0 Å². The third-order valence-corrected chi connectivity index (χ3v) is 6.38. The first-order chi connectivity index (χ1) is 17.3. The number of nitrogens with zero attached hydrogens (tertiary/aromatic N) is 2. The fraction of sp³-hybridized carbons (Fsp3) is 0.107. The molecule has 6 nitrogen and oxygen atoms in total. The van der Waals surface area contributed by atoms with Crippen molar-refractivity contribution >= 4 is 23.3 Å². The van der Waals surface area contributed by atoms with E-state index in [1.54, 1.807) is 49.6 Å². The van der Waals surface area contributed by atoms with Gasteiger partial charge in [0.25, 0.3) is 0 Å². The molecule has 0 radical (unpaired) electrons. The van der Waals surface area contributed by atoms with Crippen LogP contribution in [0.3, 0.4) is 0 Å². The fourth-order valence-electron chi connectivity index (χ4n) is 4.08. The lowest BCUT2D eigenvalue weighted by atomic mass is 9.85. The van der Waals surface area contributed by atoms with Crippen LogP contribution < -0.4 is 5.56 Å². The van der Waals surface area contributed by atoms with E-state index in [4.69, 9.17) is 16.7 Å². The average molecular weight is 505 g/mol. The Morgan fingerprint density at radius 1 is 0.972 bits per heavy atom. The van der Waals surface area contributed by atoms with Gasteiger partial charge in [-0.25, -0.2) is 9.18 Å². The van der Waals surface area contributed by atoms with E-state index < -0.39 is 11.8 Å². The van der Waals surface area contributed by atoms with Crippen molar-refractivity contribution in [1.29, 1.82) is 0 Å². The maximum absolute atomic E-state index is 13.8. The highest BCUT2D eigenvalue weighted by Gasteiger charge is 2.22. The number of aromatic carboxylic acids is 1. The number of rotatable bonds is 7. The van der Waals surface area contributed by atoms with Crippen molar-refractivity contribution in [1.82, 2.24) is 4.57 Å². The molecule has 2 N–H and O–H groups in total. The third kappa shape index (κ3) is 5.37. The van der Waals surface area contributed by atoms with Gasteiger partial charge in [0.15, 0.2) is 0 Å². The van der Waals surface area contributed by atoms with Crippen molar-refractivity contribution < 1.29 is 19.5 Å². The molecule has 0 amide bonds. The molecular weight excluding hydrogens is 483 g/mol. The first kappa shape index (κ1) is 24.9. The summed E-state index contributed by atoms with van der Waals surface area (Å²) < 4.78 is 15.2. The van der Waals surface area contributed by atoms with Gasteiger partial charge in [-0.15, -0.1) is 0 Å². The van der Waals surface area contributed by atoms with Crippen LogP contribution in [0.2, 0.25) is 5.02 Å². The fourth-order valence-corrected chi connectivity index (χ4v) is 4.38. The number of pyridine rings is 1. The molecule has 0 fully saturated rings.